The van der Waals surface area contributed by atoms with Gasteiger partial charge in [-0.15, -0.1) is 0 Å². The summed E-state index contributed by atoms with van der Waals surface area (Å²) >= 11 is 3.39. The van der Waals surface area contributed by atoms with E-state index in [9.17, 15) is 5.11 Å². The lowest BCUT2D eigenvalue weighted by Crippen LogP contribution is -2.25. The Labute approximate surface area is 92.0 Å². The summed E-state index contributed by atoms with van der Waals surface area (Å²) in [6, 6.07) is 6.00. The largest absolute Gasteiger partial charge is 0.492 e. The molecule has 14 heavy (non-hydrogen) atoms. The summed E-state index contributed by atoms with van der Waals surface area (Å²) < 4.78 is 5.50. The molecule has 1 N–H and O–H groups in total. The first kappa shape index (κ1) is 9.99. The highest BCUT2D eigenvalue weighted by molar-refractivity contribution is 9.09. The molecule has 1 heterocycles. The Morgan fingerprint density at radius 1 is 1.57 bits per heavy atom. The van der Waals surface area contributed by atoms with E-state index < -0.39 is 6.10 Å². The maximum absolute atomic E-state index is 9.92. The molecule has 0 amide bonds. The van der Waals surface area contributed by atoms with Crippen LogP contribution in [0.2, 0.25) is 0 Å². The van der Waals surface area contributed by atoms with Crippen LogP contribution in [0.15, 0.2) is 18.2 Å². The monoisotopic (exact) mass is 256 g/mol. The molecule has 1 aromatic carbocycles. The molecule has 2 rings (SSSR count). The molecular formula is C11H13BrO2. The van der Waals surface area contributed by atoms with Gasteiger partial charge in [0.2, 0.25) is 0 Å². The molecule has 0 saturated carbocycles. The summed E-state index contributed by atoms with van der Waals surface area (Å²) in [5.74, 6) is 0.811. The summed E-state index contributed by atoms with van der Waals surface area (Å²) in [5, 5.41) is 9.92. The minimum absolute atomic E-state index is 0.00195. The number of alkyl halides is 1. The number of fused-ring (bicyclic) bond motifs is 1. The Morgan fingerprint density at radius 2 is 2.36 bits per heavy atom. The van der Waals surface area contributed by atoms with Crippen LogP contribution in [-0.2, 0) is 6.42 Å². The van der Waals surface area contributed by atoms with Gasteiger partial charge in [0.1, 0.15) is 12.4 Å². The Hall–Kier alpha value is -0.540. The van der Waals surface area contributed by atoms with E-state index in [2.05, 4.69) is 22.9 Å². The topological polar surface area (TPSA) is 29.5 Å². The van der Waals surface area contributed by atoms with Gasteiger partial charge in [-0.1, -0.05) is 28.9 Å². The quantitative estimate of drug-likeness (QED) is 0.783. The molecule has 2 atom stereocenters. The number of hydrogen-bond acceptors (Lipinski definition) is 2. The third-order valence-corrected chi connectivity index (χ3v) is 3.31. The molecule has 1 aliphatic rings. The third kappa shape index (κ3) is 1.66. The van der Waals surface area contributed by atoms with Crippen molar-refractivity contribution >= 4 is 15.9 Å². The zero-order valence-corrected chi connectivity index (χ0v) is 9.62. The number of aliphatic hydroxyl groups is 1. The fourth-order valence-corrected chi connectivity index (χ4v) is 2.05. The molecule has 1 aliphatic heterocycles. The molecule has 0 aliphatic carbocycles. The van der Waals surface area contributed by atoms with Crippen molar-refractivity contribution in [3.05, 3.63) is 29.3 Å². The van der Waals surface area contributed by atoms with E-state index in [0.29, 0.717) is 6.61 Å². The summed E-state index contributed by atoms with van der Waals surface area (Å²) in [6.07, 6.45) is 0.526. The Morgan fingerprint density at radius 3 is 3.07 bits per heavy atom. The second kappa shape index (κ2) is 3.91. The van der Waals surface area contributed by atoms with Crippen LogP contribution >= 0.6 is 15.9 Å². The first-order chi connectivity index (χ1) is 6.72. The van der Waals surface area contributed by atoms with Crippen LogP contribution < -0.4 is 4.74 Å². The SMILES string of the molecule is CCc1ccc2c(c1)[C@H](O)[C@H](Br)CO2. The number of aryl methyl sites for hydroxylation is 1. The molecule has 0 saturated heterocycles. The van der Waals surface area contributed by atoms with Gasteiger partial charge in [-0.05, 0) is 24.1 Å². The van der Waals surface area contributed by atoms with Crippen molar-refractivity contribution in [1.29, 1.82) is 0 Å². The molecule has 76 valence electrons. The number of rotatable bonds is 1. The predicted molar refractivity (Wildman–Crippen MR) is 59.0 cm³/mol. The molecule has 3 heteroatoms. The average molecular weight is 257 g/mol. The minimum atomic E-state index is -0.453. The number of ether oxygens (including phenoxy) is 1. The summed E-state index contributed by atoms with van der Waals surface area (Å²) in [6.45, 7) is 2.63. The molecule has 0 bridgehead atoms. The van der Waals surface area contributed by atoms with E-state index in [1.54, 1.807) is 0 Å². The van der Waals surface area contributed by atoms with Gasteiger partial charge in [-0.3, -0.25) is 0 Å². The molecule has 0 aromatic heterocycles. The van der Waals surface area contributed by atoms with E-state index in [0.717, 1.165) is 17.7 Å². The molecule has 1 aromatic rings. The van der Waals surface area contributed by atoms with Crippen LogP contribution in [0.25, 0.3) is 0 Å². The standard InChI is InChI=1S/C11H13BrO2/c1-2-7-3-4-10-8(5-7)11(13)9(12)6-14-10/h3-5,9,11,13H,2,6H2,1H3/t9-,11+/m1/s1. The van der Waals surface area contributed by atoms with Crippen LogP contribution in [0.3, 0.4) is 0 Å². The van der Waals surface area contributed by atoms with Crippen molar-refractivity contribution in [3.63, 3.8) is 0 Å². The highest BCUT2D eigenvalue weighted by atomic mass is 79.9. The first-order valence-corrected chi connectivity index (χ1v) is 5.71. The van der Waals surface area contributed by atoms with Gasteiger partial charge in [0.15, 0.2) is 0 Å². The third-order valence-electron chi connectivity index (χ3n) is 2.54. The summed E-state index contributed by atoms with van der Waals surface area (Å²) in [4.78, 5) is 0.00195. The van der Waals surface area contributed by atoms with E-state index in [1.807, 2.05) is 18.2 Å². The van der Waals surface area contributed by atoms with Crippen molar-refractivity contribution in [2.24, 2.45) is 0 Å². The van der Waals surface area contributed by atoms with E-state index in [-0.39, 0.29) is 4.83 Å². The predicted octanol–water partition coefficient (Wildman–Crippen LogP) is 2.44. The van der Waals surface area contributed by atoms with E-state index in [1.165, 1.54) is 5.56 Å². The van der Waals surface area contributed by atoms with Gasteiger partial charge >= 0.3 is 0 Å². The lowest BCUT2D eigenvalue weighted by molar-refractivity contribution is 0.125. The lowest BCUT2D eigenvalue weighted by Gasteiger charge is -2.27. The van der Waals surface area contributed by atoms with E-state index in [4.69, 9.17) is 4.74 Å². The Kier molecular flexibility index (Phi) is 2.79. The van der Waals surface area contributed by atoms with Gasteiger partial charge in [0.05, 0.1) is 10.9 Å². The highest BCUT2D eigenvalue weighted by Crippen LogP contribution is 2.35. The van der Waals surface area contributed by atoms with Crippen molar-refractivity contribution in [3.8, 4) is 5.75 Å². The van der Waals surface area contributed by atoms with Crippen LogP contribution in [0, 0.1) is 0 Å². The first-order valence-electron chi connectivity index (χ1n) is 4.80. The highest BCUT2D eigenvalue weighted by Gasteiger charge is 2.27. The van der Waals surface area contributed by atoms with Gasteiger partial charge in [0, 0.05) is 5.56 Å². The van der Waals surface area contributed by atoms with Crippen molar-refractivity contribution in [2.45, 2.75) is 24.3 Å². The Bertz CT molecular complexity index is 338. The van der Waals surface area contributed by atoms with Crippen LogP contribution in [0.5, 0.6) is 5.75 Å². The minimum Gasteiger partial charge on any atom is -0.492 e. The lowest BCUT2D eigenvalue weighted by atomic mass is 10.00. The summed E-state index contributed by atoms with van der Waals surface area (Å²) in [7, 11) is 0. The maximum Gasteiger partial charge on any atom is 0.125 e. The number of aliphatic hydroxyl groups excluding tert-OH is 1. The zero-order chi connectivity index (χ0) is 10.1. The molecule has 0 fully saturated rings. The zero-order valence-electron chi connectivity index (χ0n) is 8.03. The second-order valence-corrected chi connectivity index (χ2v) is 4.67. The molecule has 2 nitrogen and oxygen atoms in total. The van der Waals surface area contributed by atoms with Gasteiger partial charge in [-0.25, -0.2) is 0 Å². The second-order valence-electron chi connectivity index (χ2n) is 3.50. The van der Waals surface area contributed by atoms with Gasteiger partial charge < -0.3 is 9.84 Å². The normalized spacial score (nSPS) is 25.4. The Balaban J connectivity index is 2.41. The fourth-order valence-electron chi connectivity index (χ4n) is 1.64. The van der Waals surface area contributed by atoms with Crippen LogP contribution in [0.1, 0.15) is 24.2 Å². The molecule has 0 spiro atoms. The van der Waals surface area contributed by atoms with E-state index >= 15 is 0 Å². The van der Waals surface area contributed by atoms with Crippen LogP contribution in [0.4, 0.5) is 0 Å². The average Bonchev–Trinajstić information content (AvgIpc) is 2.23. The number of benzene rings is 1. The number of hydrogen-bond donors (Lipinski definition) is 1. The maximum atomic E-state index is 9.92. The molecular weight excluding hydrogens is 244 g/mol. The molecule has 0 radical (unpaired) electrons. The van der Waals surface area contributed by atoms with Gasteiger partial charge in [-0.2, -0.15) is 0 Å². The van der Waals surface area contributed by atoms with Gasteiger partial charge in [0.25, 0.3) is 0 Å². The van der Waals surface area contributed by atoms with Crippen LogP contribution in [-0.4, -0.2) is 16.5 Å². The van der Waals surface area contributed by atoms with Crippen molar-refractivity contribution in [1.82, 2.24) is 0 Å². The fraction of sp³-hybridized carbons (Fsp3) is 0.455. The number of halogens is 1. The van der Waals surface area contributed by atoms with Crippen molar-refractivity contribution in [2.75, 3.05) is 6.61 Å². The smallest absolute Gasteiger partial charge is 0.125 e. The summed E-state index contributed by atoms with van der Waals surface area (Å²) in [5.41, 5.74) is 2.13. The molecule has 0 unspecified atom stereocenters. The van der Waals surface area contributed by atoms with Crippen molar-refractivity contribution < 1.29 is 9.84 Å².